The van der Waals surface area contributed by atoms with Gasteiger partial charge in [-0.15, -0.1) is 0 Å². The lowest BCUT2D eigenvalue weighted by atomic mass is 10.0. The molecule has 1 amide bonds. The minimum absolute atomic E-state index is 0.0666. The molecule has 0 spiro atoms. The lowest BCUT2D eigenvalue weighted by Crippen LogP contribution is -2.34. The van der Waals surface area contributed by atoms with Gasteiger partial charge in [0, 0.05) is 43.4 Å². The third kappa shape index (κ3) is 2.84. The van der Waals surface area contributed by atoms with E-state index in [0.717, 1.165) is 43.6 Å². The summed E-state index contributed by atoms with van der Waals surface area (Å²) in [6.07, 6.45) is 3.11. The molecule has 2 N–H and O–H groups in total. The Morgan fingerprint density at radius 2 is 2.12 bits per heavy atom. The first-order chi connectivity index (χ1) is 11.6. The first-order valence-corrected chi connectivity index (χ1v) is 8.77. The number of carbonyl (C=O) groups excluding carboxylic acids is 1. The van der Waals surface area contributed by atoms with Crippen molar-refractivity contribution in [3.8, 4) is 0 Å². The summed E-state index contributed by atoms with van der Waals surface area (Å²) in [6.45, 7) is 6.58. The highest BCUT2D eigenvalue weighted by molar-refractivity contribution is 5.94. The summed E-state index contributed by atoms with van der Waals surface area (Å²) in [5.74, 6) is 0.0666. The normalized spacial score (nSPS) is 16.8. The van der Waals surface area contributed by atoms with Crippen molar-refractivity contribution in [2.24, 2.45) is 0 Å². The lowest BCUT2D eigenvalue weighted by Gasteiger charge is -2.23. The van der Waals surface area contributed by atoms with Gasteiger partial charge < -0.3 is 10.2 Å². The topological polar surface area (TPSA) is 61.0 Å². The predicted octanol–water partition coefficient (Wildman–Crippen LogP) is 2.48. The predicted molar refractivity (Wildman–Crippen MR) is 92.8 cm³/mol. The Bertz CT molecular complexity index is 776. The van der Waals surface area contributed by atoms with Crippen molar-refractivity contribution in [1.29, 1.82) is 0 Å². The molecule has 0 radical (unpaired) electrons. The van der Waals surface area contributed by atoms with Crippen LogP contribution >= 0.6 is 0 Å². The molecule has 5 nitrogen and oxygen atoms in total. The monoisotopic (exact) mass is 324 g/mol. The van der Waals surface area contributed by atoms with Crippen molar-refractivity contribution in [3.05, 3.63) is 51.8 Å². The number of aromatic nitrogens is 2. The third-order valence-electron chi connectivity index (χ3n) is 5.18. The maximum Gasteiger partial charge on any atom is 0.275 e. The lowest BCUT2D eigenvalue weighted by molar-refractivity contribution is 0.0722. The second kappa shape index (κ2) is 6.06. The van der Waals surface area contributed by atoms with E-state index in [-0.39, 0.29) is 5.91 Å². The van der Waals surface area contributed by atoms with Crippen LogP contribution < -0.4 is 5.32 Å². The highest BCUT2D eigenvalue weighted by atomic mass is 16.2. The number of nitrogens with one attached hydrogen (secondary N) is 2. The smallest absolute Gasteiger partial charge is 0.275 e. The van der Waals surface area contributed by atoms with Crippen LogP contribution in [0.3, 0.4) is 0 Å². The largest absolute Gasteiger partial charge is 0.330 e. The number of hydrogen-bond acceptors (Lipinski definition) is 3. The van der Waals surface area contributed by atoms with Gasteiger partial charge in [0.2, 0.25) is 0 Å². The molecule has 2 aliphatic rings. The molecule has 5 heteroatoms. The number of carbonyl (C=O) groups is 1. The second-order valence-electron chi connectivity index (χ2n) is 7.04. The molecular weight excluding hydrogens is 300 g/mol. The van der Waals surface area contributed by atoms with E-state index < -0.39 is 0 Å². The van der Waals surface area contributed by atoms with Gasteiger partial charge in [-0.25, -0.2) is 0 Å². The van der Waals surface area contributed by atoms with Gasteiger partial charge in [-0.3, -0.25) is 9.89 Å². The van der Waals surface area contributed by atoms with E-state index in [9.17, 15) is 4.79 Å². The fraction of sp³-hybridized carbons (Fsp3) is 0.474. The van der Waals surface area contributed by atoms with Crippen LogP contribution in [0.2, 0.25) is 0 Å². The Labute approximate surface area is 142 Å². The minimum Gasteiger partial charge on any atom is -0.330 e. The van der Waals surface area contributed by atoms with E-state index in [1.165, 1.54) is 16.7 Å². The van der Waals surface area contributed by atoms with Crippen molar-refractivity contribution in [1.82, 2.24) is 20.4 Å². The number of nitrogens with zero attached hydrogens (tertiary/aromatic N) is 2. The summed E-state index contributed by atoms with van der Waals surface area (Å²) in [7, 11) is 0. The zero-order chi connectivity index (χ0) is 16.7. The summed E-state index contributed by atoms with van der Waals surface area (Å²) in [5.41, 5.74) is 6.53. The third-order valence-corrected chi connectivity index (χ3v) is 5.18. The first kappa shape index (κ1) is 15.4. The van der Waals surface area contributed by atoms with Crippen molar-refractivity contribution in [2.75, 3.05) is 6.54 Å². The van der Waals surface area contributed by atoms with Crippen LogP contribution in [0.25, 0.3) is 0 Å². The van der Waals surface area contributed by atoms with E-state index in [1.807, 2.05) is 4.90 Å². The highest BCUT2D eigenvalue weighted by Crippen LogP contribution is 2.31. The molecule has 4 rings (SSSR count). The van der Waals surface area contributed by atoms with Crippen molar-refractivity contribution < 1.29 is 4.79 Å². The zero-order valence-corrected chi connectivity index (χ0v) is 14.4. The standard InChI is InChI=1S/C19H24N4O/c1-12-3-4-14(9-13(12)2)11-23(15-5-6-15)19(24)18-16-10-20-8-7-17(16)21-22-18/h3-4,9,15,20H,5-8,10-11H2,1-2H3,(H,21,22). The molecule has 1 fully saturated rings. The number of fused-ring (bicyclic) bond motifs is 1. The number of benzene rings is 1. The Morgan fingerprint density at radius 1 is 1.29 bits per heavy atom. The van der Waals surface area contributed by atoms with Crippen molar-refractivity contribution in [2.45, 2.75) is 52.2 Å². The quantitative estimate of drug-likeness (QED) is 0.908. The molecule has 0 bridgehead atoms. The Kier molecular flexibility index (Phi) is 3.88. The van der Waals surface area contributed by atoms with Gasteiger partial charge in [0.15, 0.2) is 5.69 Å². The molecule has 1 aliphatic heterocycles. The number of aryl methyl sites for hydroxylation is 2. The van der Waals surface area contributed by atoms with Crippen molar-refractivity contribution in [3.63, 3.8) is 0 Å². The van der Waals surface area contributed by atoms with Gasteiger partial charge in [0.25, 0.3) is 5.91 Å². The van der Waals surface area contributed by atoms with E-state index in [0.29, 0.717) is 18.3 Å². The van der Waals surface area contributed by atoms with Crippen LogP contribution in [-0.4, -0.2) is 33.6 Å². The molecule has 0 saturated heterocycles. The number of H-pyrrole nitrogens is 1. The molecule has 1 saturated carbocycles. The van der Waals surface area contributed by atoms with E-state index in [4.69, 9.17) is 0 Å². The fourth-order valence-electron chi connectivity index (χ4n) is 3.39. The summed E-state index contributed by atoms with van der Waals surface area (Å²) in [6, 6.07) is 6.83. The summed E-state index contributed by atoms with van der Waals surface area (Å²) in [4.78, 5) is 15.1. The maximum absolute atomic E-state index is 13.1. The highest BCUT2D eigenvalue weighted by Gasteiger charge is 2.35. The Balaban J connectivity index is 1.60. The molecule has 0 atom stereocenters. The number of amides is 1. The molecule has 1 aliphatic carbocycles. The van der Waals surface area contributed by atoms with Gasteiger partial charge in [-0.2, -0.15) is 5.10 Å². The maximum atomic E-state index is 13.1. The SMILES string of the molecule is Cc1ccc(CN(C(=O)c2n[nH]c3c2CNCC3)C2CC2)cc1C. The van der Waals surface area contributed by atoms with E-state index >= 15 is 0 Å². The molecular formula is C19H24N4O. The molecule has 2 aromatic rings. The molecule has 2 heterocycles. The Hall–Kier alpha value is -2.14. The number of hydrogen-bond donors (Lipinski definition) is 2. The van der Waals surface area contributed by atoms with E-state index in [2.05, 4.69) is 47.6 Å². The van der Waals surface area contributed by atoms with Gasteiger partial charge in [0.05, 0.1) is 0 Å². The van der Waals surface area contributed by atoms with Crippen LogP contribution in [-0.2, 0) is 19.5 Å². The van der Waals surface area contributed by atoms with Gasteiger partial charge in [-0.1, -0.05) is 18.2 Å². The minimum atomic E-state index is 0.0666. The number of aromatic amines is 1. The van der Waals surface area contributed by atoms with Crippen LogP contribution in [0.1, 0.15) is 51.3 Å². The van der Waals surface area contributed by atoms with Crippen LogP contribution in [0.15, 0.2) is 18.2 Å². The number of rotatable bonds is 4. The van der Waals surface area contributed by atoms with Crippen LogP contribution in [0.4, 0.5) is 0 Å². The van der Waals surface area contributed by atoms with E-state index in [1.54, 1.807) is 0 Å². The first-order valence-electron chi connectivity index (χ1n) is 8.77. The van der Waals surface area contributed by atoms with Gasteiger partial charge in [-0.05, 0) is 43.4 Å². The zero-order valence-electron chi connectivity index (χ0n) is 14.4. The molecule has 24 heavy (non-hydrogen) atoms. The Morgan fingerprint density at radius 3 is 2.88 bits per heavy atom. The molecule has 1 aromatic carbocycles. The fourth-order valence-corrected chi connectivity index (χ4v) is 3.39. The van der Waals surface area contributed by atoms with Gasteiger partial charge in [0.1, 0.15) is 0 Å². The second-order valence-corrected chi connectivity index (χ2v) is 7.04. The summed E-state index contributed by atoms with van der Waals surface area (Å²) >= 11 is 0. The van der Waals surface area contributed by atoms with Crippen molar-refractivity contribution >= 4 is 5.91 Å². The molecule has 0 unspecified atom stereocenters. The van der Waals surface area contributed by atoms with Crippen LogP contribution in [0.5, 0.6) is 0 Å². The summed E-state index contributed by atoms with van der Waals surface area (Å²) in [5, 5.41) is 10.7. The molecule has 126 valence electrons. The molecule has 1 aromatic heterocycles. The van der Waals surface area contributed by atoms with Gasteiger partial charge >= 0.3 is 0 Å². The average molecular weight is 324 g/mol. The average Bonchev–Trinajstić information content (AvgIpc) is 3.33. The summed E-state index contributed by atoms with van der Waals surface area (Å²) < 4.78 is 0. The van der Waals surface area contributed by atoms with Crippen LogP contribution in [0, 0.1) is 13.8 Å².